The summed E-state index contributed by atoms with van der Waals surface area (Å²) in [6.07, 6.45) is 3.36. The Morgan fingerprint density at radius 2 is 1.87 bits per heavy atom. The van der Waals surface area contributed by atoms with E-state index in [1.807, 2.05) is 25.1 Å². The number of halogens is 1. The van der Waals surface area contributed by atoms with Crippen LogP contribution in [0.1, 0.15) is 13.8 Å². The van der Waals surface area contributed by atoms with Crippen LogP contribution in [-0.2, 0) is 7.05 Å². The third-order valence-electron chi connectivity index (χ3n) is 5.36. The van der Waals surface area contributed by atoms with Crippen LogP contribution in [0.5, 0.6) is 0 Å². The van der Waals surface area contributed by atoms with Gasteiger partial charge in [0.15, 0.2) is 0 Å². The molecule has 4 aromatic rings. The molecule has 0 unspecified atom stereocenters. The number of aryl methyl sites for hydroxylation is 1. The maximum atomic E-state index is 13.2. The molecular formula is C22H22ClN7O. The average Bonchev–Trinajstić information content (AvgIpc) is 3.00. The zero-order valence-electron chi connectivity index (χ0n) is 17.6. The molecule has 0 saturated heterocycles. The quantitative estimate of drug-likeness (QED) is 0.478. The molecule has 31 heavy (non-hydrogen) atoms. The highest BCUT2D eigenvalue weighted by Crippen LogP contribution is 2.31. The van der Waals surface area contributed by atoms with Crippen molar-refractivity contribution in [3.05, 3.63) is 57.9 Å². The number of nitrogens with zero attached hydrogens (tertiary/aromatic N) is 5. The Balaban J connectivity index is 2.14. The summed E-state index contributed by atoms with van der Waals surface area (Å²) < 4.78 is 3.16. The van der Waals surface area contributed by atoms with Crippen molar-refractivity contribution in [3.8, 4) is 11.1 Å². The second kappa shape index (κ2) is 7.55. The van der Waals surface area contributed by atoms with Crippen LogP contribution in [0.25, 0.3) is 38.8 Å². The van der Waals surface area contributed by atoms with E-state index in [0.717, 1.165) is 22.0 Å². The first-order valence-corrected chi connectivity index (χ1v) is 9.94. The van der Waals surface area contributed by atoms with Crippen molar-refractivity contribution >= 4 is 50.8 Å². The van der Waals surface area contributed by atoms with Crippen molar-refractivity contribution in [1.29, 1.82) is 0 Å². The number of aliphatic imine (C=N–C) groups is 1. The van der Waals surface area contributed by atoms with Gasteiger partial charge in [-0.25, -0.2) is 9.78 Å². The van der Waals surface area contributed by atoms with Gasteiger partial charge in [-0.2, -0.15) is 0 Å². The number of anilines is 1. The molecule has 0 aliphatic rings. The van der Waals surface area contributed by atoms with E-state index in [4.69, 9.17) is 23.1 Å². The largest absolute Gasteiger partial charge is 0.401 e. The maximum Gasteiger partial charge on any atom is 0.333 e. The van der Waals surface area contributed by atoms with Crippen LogP contribution >= 0.6 is 11.6 Å². The number of aromatic nitrogens is 4. The van der Waals surface area contributed by atoms with Gasteiger partial charge in [-0.1, -0.05) is 17.7 Å². The fourth-order valence-electron chi connectivity index (χ4n) is 3.72. The van der Waals surface area contributed by atoms with E-state index in [1.54, 1.807) is 48.6 Å². The van der Waals surface area contributed by atoms with Crippen LogP contribution < -0.4 is 17.2 Å². The van der Waals surface area contributed by atoms with Crippen molar-refractivity contribution < 1.29 is 0 Å². The number of fused-ring (bicyclic) bond motifs is 3. The normalized spacial score (nSPS) is 13.1. The van der Waals surface area contributed by atoms with Gasteiger partial charge in [0.2, 0.25) is 0 Å². The summed E-state index contributed by atoms with van der Waals surface area (Å²) in [5.41, 5.74) is 17.2. The molecule has 0 fully saturated rings. The van der Waals surface area contributed by atoms with Crippen molar-refractivity contribution in [3.63, 3.8) is 0 Å². The summed E-state index contributed by atoms with van der Waals surface area (Å²) >= 11 is 6.17. The van der Waals surface area contributed by atoms with E-state index in [0.29, 0.717) is 33.2 Å². The van der Waals surface area contributed by atoms with Crippen molar-refractivity contribution in [1.82, 2.24) is 19.1 Å². The van der Waals surface area contributed by atoms with Gasteiger partial charge in [0.05, 0.1) is 39.2 Å². The van der Waals surface area contributed by atoms with Crippen LogP contribution in [0, 0.1) is 0 Å². The van der Waals surface area contributed by atoms with Gasteiger partial charge in [-0.15, -0.1) is 0 Å². The second-order valence-electron chi connectivity index (χ2n) is 7.33. The summed E-state index contributed by atoms with van der Waals surface area (Å²) in [7, 11) is 3.38. The Labute approximate surface area is 183 Å². The summed E-state index contributed by atoms with van der Waals surface area (Å²) in [5, 5.41) is 1.17. The molecule has 3 aromatic heterocycles. The molecule has 0 spiro atoms. The number of pyridine rings is 2. The van der Waals surface area contributed by atoms with E-state index in [2.05, 4.69) is 15.0 Å². The van der Waals surface area contributed by atoms with Crippen LogP contribution in [0.15, 0.2) is 52.1 Å². The highest BCUT2D eigenvalue weighted by Gasteiger charge is 2.20. The zero-order valence-corrected chi connectivity index (χ0v) is 18.4. The zero-order chi connectivity index (χ0) is 22.4. The average molecular weight is 436 g/mol. The van der Waals surface area contributed by atoms with Gasteiger partial charge in [0, 0.05) is 36.9 Å². The maximum absolute atomic E-state index is 13.2. The second-order valence-corrected chi connectivity index (χ2v) is 7.74. The molecule has 0 aliphatic carbocycles. The summed E-state index contributed by atoms with van der Waals surface area (Å²) in [6, 6.07) is 7.56. The number of rotatable bonds is 3. The molecule has 8 nitrogen and oxygen atoms in total. The molecule has 0 saturated carbocycles. The predicted octanol–water partition coefficient (Wildman–Crippen LogP) is 3.42. The Morgan fingerprint density at radius 3 is 2.52 bits per heavy atom. The number of benzene rings is 1. The fraction of sp³-hybridized carbons (Fsp3) is 0.182. The van der Waals surface area contributed by atoms with E-state index >= 15 is 0 Å². The summed E-state index contributed by atoms with van der Waals surface area (Å²) in [4.78, 5) is 26.2. The number of nitrogens with two attached hydrogens (primary N) is 2. The Kier molecular flexibility index (Phi) is 5.02. The predicted molar refractivity (Wildman–Crippen MR) is 127 cm³/mol. The topological polar surface area (TPSA) is 117 Å². The SMILES string of the molecule is CN=C(C)C(=C(C)N)n1c(=O)n(C)c2cnc3ccc(-c4cnc(N)c(Cl)c4)cc3c21. The molecule has 1 aromatic carbocycles. The van der Waals surface area contributed by atoms with E-state index < -0.39 is 0 Å². The molecule has 158 valence electrons. The molecule has 4 rings (SSSR count). The third kappa shape index (κ3) is 3.25. The molecule has 0 atom stereocenters. The Morgan fingerprint density at radius 1 is 1.13 bits per heavy atom. The lowest BCUT2D eigenvalue weighted by molar-refractivity contribution is 0.853. The lowest BCUT2D eigenvalue weighted by atomic mass is 10.0. The van der Waals surface area contributed by atoms with E-state index in [9.17, 15) is 4.79 Å². The standard InChI is InChI=1S/C22H22ClN7O/c1-11(24)19(12(2)26-3)30-20-15-7-13(14-8-16(23)21(25)28-9-14)5-6-17(15)27-10-18(20)29(4)22(30)31/h5-10H,24H2,1-4H3,(H2,25,28). The third-order valence-corrected chi connectivity index (χ3v) is 5.66. The summed E-state index contributed by atoms with van der Waals surface area (Å²) in [6.45, 7) is 3.58. The van der Waals surface area contributed by atoms with Crippen LogP contribution in [0.4, 0.5) is 5.82 Å². The van der Waals surface area contributed by atoms with Crippen molar-refractivity contribution in [2.45, 2.75) is 13.8 Å². The number of hydrogen-bond donors (Lipinski definition) is 2. The number of hydrogen-bond acceptors (Lipinski definition) is 6. The van der Waals surface area contributed by atoms with E-state index in [1.165, 1.54) is 0 Å². The first-order chi connectivity index (χ1) is 14.7. The van der Waals surface area contributed by atoms with Crippen molar-refractivity contribution in [2.24, 2.45) is 17.8 Å². The van der Waals surface area contributed by atoms with Gasteiger partial charge in [0.1, 0.15) is 5.82 Å². The van der Waals surface area contributed by atoms with Crippen LogP contribution in [0.3, 0.4) is 0 Å². The lowest BCUT2D eigenvalue weighted by Gasteiger charge is -2.12. The Bertz CT molecular complexity index is 1470. The molecule has 0 aliphatic heterocycles. The highest BCUT2D eigenvalue weighted by atomic mass is 35.5. The molecule has 9 heteroatoms. The molecular weight excluding hydrogens is 414 g/mol. The molecule has 0 bridgehead atoms. The van der Waals surface area contributed by atoms with Gasteiger partial charge < -0.3 is 11.5 Å². The minimum absolute atomic E-state index is 0.227. The molecule has 4 N–H and O–H groups in total. The number of imidazole rings is 1. The first-order valence-electron chi connectivity index (χ1n) is 9.56. The van der Waals surface area contributed by atoms with Gasteiger partial charge in [-0.05, 0) is 37.6 Å². The monoisotopic (exact) mass is 435 g/mol. The molecule has 0 radical (unpaired) electrons. The van der Waals surface area contributed by atoms with E-state index in [-0.39, 0.29) is 11.5 Å². The molecule has 3 heterocycles. The van der Waals surface area contributed by atoms with Gasteiger partial charge in [0.25, 0.3) is 0 Å². The van der Waals surface area contributed by atoms with Crippen LogP contribution in [0.2, 0.25) is 5.02 Å². The van der Waals surface area contributed by atoms with Crippen molar-refractivity contribution in [2.75, 3.05) is 12.8 Å². The Hall–Kier alpha value is -3.65. The summed E-state index contributed by atoms with van der Waals surface area (Å²) in [5.74, 6) is 0.273. The number of nitrogen functional groups attached to an aromatic ring is 1. The minimum Gasteiger partial charge on any atom is -0.401 e. The van der Waals surface area contributed by atoms with Gasteiger partial charge in [-0.3, -0.25) is 19.1 Å². The smallest absolute Gasteiger partial charge is 0.333 e. The number of allylic oxidation sites excluding steroid dienone is 2. The highest BCUT2D eigenvalue weighted by molar-refractivity contribution is 6.33. The minimum atomic E-state index is -0.227. The lowest BCUT2D eigenvalue weighted by Crippen LogP contribution is -2.26. The fourth-order valence-corrected chi connectivity index (χ4v) is 3.89. The van der Waals surface area contributed by atoms with Gasteiger partial charge >= 0.3 is 5.69 Å². The molecule has 0 amide bonds. The first kappa shape index (κ1) is 20.6. The van der Waals surface area contributed by atoms with Crippen LogP contribution in [-0.4, -0.2) is 31.9 Å².